The van der Waals surface area contributed by atoms with Crippen LogP contribution in [-0.2, 0) is 6.42 Å². The lowest BCUT2D eigenvalue weighted by Gasteiger charge is -2.31. The number of fused-ring (bicyclic) bond motifs is 1. The Kier molecular flexibility index (Phi) is 7.20. The molecule has 0 saturated heterocycles. The highest BCUT2D eigenvalue weighted by Crippen LogP contribution is 2.40. The van der Waals surface area contributed by atoms with Gasteiger partial charge in [-0.05, 0) is 86.7 Å². The fraction of sp³-hybridized carbons (Fsp3) is 0.423. The monoisotopic (exact) mass is 440 g/mol. The maximum absolute atomic E-state index is 13.5. The number of hydrogen-bond acceptors (Lipinski definition) is 4. The van der Waals surface area contributed by atoms with E-state index in [0.29, 0.717) is 12.5 Å². The number of halogens is 2. The third-order valence-corrected chi connectivity index (χ3v) is 6.35. The minimum atomic E-state index is -0.252. The number of nitrogens with zero attached hydrogens (tertiary/aromatic N) is 2. The third kappa shape index (κ3) is 5.01. The van der Waals surface area contributed by atoms with Gasteiger partial charge in [0, 0.05) is 18.4 Å². The fourth-order valence-corrected chi connectivity index (χ4v) is 4.72. The first-order chi connectivity index (χ1) is 15.6. The summed E-state index contributed by atoms with van der Waals surface area (Å²) in [6.07, 6.45) is 4.83. The zero-order chi connectivity index (χ0) is 22.5. The maximum Gasteiger partial charge on any atom is 0.259 e. The molecule has 4 nitrogen and oxygen atoms in total. The summed E-state index contributed by atoms with van der Waals surface area (Å²) in [6.45, 7) is 3.40. The molecule has 0 bridgehead atoms. The Morgan fingerprint density at radius 3 is 2.28 bits per heavy atom. The zero-order valence-corrected chi connectivity index (χ0v) is 18.7. The largest absolute Gasteiger partial charge is 0.476 e. The summed E-state index contributed by atoms with van der Waals surface area (Å²) in [7, 11) is 2.13. The van der Waals surface area contributed by atoms with Crippen molar-refractivity contribution in [1.29, 1.82) is 0 Å². The Hall–Kier alpha value is -2.73. The van der Waals surface area contributed by atoms with E-state index in [1.165, 1.54) is 24.3 Å². The van der Waals surface area contributed by atoms with Gasteiger partial charge >= 0.3 is 0 Å². The second-order valence-electron chi connectivity index (χ2n) is 8.44. The molecule has 0 aliphatic heterocycles. The first kappa shape index (κ1) is 22.5. The predicted molar refractivity (Wildman–Crippen MR) is 120 cm³/mol. The van der Waals surface area contributed by atoms with Crippen LogP contribution in [0, 0.1) is 11.6 Å². The molecule has 170 valence electrons. The molecule has 6 heteroatoms. The molecule has 0 amide bonds. The van der Waals surface area contributed by atoms with Crippen LogP contribution in [-0.4, -0.2) is 30.3 Å². The summed E-state index contributed by atoms with van der Waals surface area (Å²) in [5.41, 5.74) is 3.17. The van der Waals surface area contributed by atoms with E-state index in [9.17, 15) is 8.78 Å². The summed E-state index contributed by atoms with van der Waals surface area (Å²) < 4.78 is 38.2. The van der Waals surface area contributed by atoms with E-state index < -0.39 is 0 Å². The lowest BCUT2D eigenvalue weighted by molar-refractivity contribution is 0.206. The average Bonchev–Trinajstić information content (AvgIpc) is 3.21. The molecule has 32 heavy (non-hydrogen) atoms. The maximum atomic E-state index is 13.5. The van der Waals surface area contributed by atoms with Crippen LogP contribution in [0.5, 0.6) is 5.88 Å². The van der Waals surface area contributed by atoms with E-state index in [2.05, 4.69) is 17.1 Å². The first-order valence-electron chi connectivity index (χ1n) is 11.4. The van der Waals surface area contributed by atoms with Gasteiger partial charge in [0.1, 0.15) is 17.4 Å². The van der Waals surface area contributed by atoms with E-state index >= 15 is 0 Å². The second-order valence-corrected chi connectivity index (χ2v) is 8.44. The van der Waals surface area contributed by atoms with Crippen molar-refractivity contribution in [1.82, 2.24) is 10.1 Å². The lowest BCUT2D eigenvalue weighted by Crippen LogP contribution is -2.28. The van der Waals surface area contributed by atoms with Crippen LogP contribution in [0.2, 0.25) is 0 Å². The van der Waals surface area contributed by atoms with E-state index in [1.54, 1.807) is 0 Å². The Bertz CT molecular complexity index is 956. The van der Waals surface area contributed by atoms with E-state index in [1.807, 2.05) is 31.2 Å². The highest BCUT2D eigenvalue weighted by atomic mass is 19.1. The summed E-state index contributed by atoms with van der Waals surface area (Å²) in [5.74, 6) is 1.14. The van der Waals surface area contributed by atoms with Crippen molar-refractivity contribution >= 4 is 0 Å². The van der Waals surface area contributed by atoms with Gasteiger partial charge in [-0.1, -0.05) is 24.3 Å². The smallest absolute Gasteiger partial charge is 0.259 e. The van der Waals surface area contributed by atoms with Crippen molar-refractivity contribution in [2.45, 2.75) is 51.0 Å². The third-order valence-electron chi connectivity index (χ3n) is 6.35. The number of aromatic nitrogens is 1. The molecular formula is C26H30F2N2O2. The molecule has 1 heterocycles. The number of aryl methyl sites for hydroxylation is 1. The van der Waals surface area contributed by atoms with Crippen LogP contribution < -0.4 is 4.74 Å². The molecule has 1 aliphatic rings. The summed E-state index contributed by atoms with van der Waals surface area (Å²) >= 11 is 0. The van der Waals surface area contributed by atoms with Gasteiger partial charge in [0.15, 0.2) is 0 Å². The molecule has 1 aromatic heterocycles. The predicted octanol–water partition coefficient (Wildman–Crippen LogP) is 6.27. The Morgan fingerprint density at radius 2 is 1.69 bits per heavy atom. The quantitative estimate of drug-likeness (QED) is 0.393. The number of ether oxygens (including phenoxy) is 1. The van der Waals surface area contributed by atoms with Crippen molar-refractivity contribution in [3.05, 3.63) is 82.6 Å². The molecule has 0 saturated carbocycles. The second kappa shape index (κ2) is 10.3. The van der Waals surface area contributed by atoms with Crippen LogP contribution >= 0.6 is 0 Å². The number of hydrogen-bond donors (Lipinski definition) is 0. The SMILES string of the molecule is CCOc1noc2c1C(N(C)CCCC(c1ccc(F)cc1)c1ccc(F)cc1)CCC2. The Morgan fingerprint density at radius 1 is 1.06 bits per heavy atom. The standard InChI is InChI=1S/C26H30F2N2O2/c1-3-31-26-25-23(7-4-8-24(25)32-29-26)30(2)17-5-6-22(18-9-13-20(27)14-10-18)19-11-15-21(28)16-12-19/h9-16,22-23H,3-8,17H2,1-2H3. The average molecular weight is 441 g/mol. The van der Waals surface area contributed by atoms with Crippen LogP contribution in [0.15, 0.2) is 53.1 Å². The van der Waals surface area contributed by atoms with Crippen LogP contribution in [0.1, 0.15) is 67.0 Å². The molecule has 2 aromatic carbocycles. The minimum Gasteiger partial charge on any atom is -0.476 e. The van der Waals surface area contributed by atoms with E-state index in [0.717, 1.165) is 61.1 Å². The van der Waals surface area contributed by atoms with Gasteiger partial charge < -0.3 is 9.26 Å². The van der Waals surface area contributed by atoms with Crippen LogP contribution in [0.25, 0.3) is 0 Å². The lowest BCUT2D eigenvalue weighted by atomic mass is 9.87. The number of benzene rings is 2. The molecule has 0 spiro atoms. The summed E-state index contributed by atoms with van der Waals surface area (Å²) in [6, 6.07) is 13.5. The summed E-state index contributed by atoms with van der Waals surface area (Å²) in [4.78, 5) is 2.35. The molecule has 0 N–H and O–H groups in total. The molecule has 1 unspecified atom stereocenters. The molecule has 1 aliphatic carbocycles. The molecule has 4 rings (SSSR count). The Balaban J connectivity index is 1.46. The van der Waals surface area contributed by atoms with Gasteiger partial charge in [-0.3, -0.25) is 4.90 Å². The molecule has 1 atom stereocenters. The zero-order valence-electron chi connectivity index (χ0n) is 18.7. The van der Waals surface area contributed by atoms with Gasteiger partial charge in [0.05, 0.1) is 12.2 Å². The molecule has 0 radical (unpaired) electrons. The topological polar surface area (TPSA) is 38.5 Å². The van der Waals surface area contributed by atoms with Gasteiger partial charge in [0.2, 0.25) is 0 Å². The van der Waals surface area contributed by atoms with Gasteiger partial charge in [-0.25, -0.2) is 8.78 Å². The van der Waals surface area contributed by atoms with Crippen LogP contribution in [0.3, 0.4) is 0 Å². The highest BCUT2D eigenvalue weighted by Gasteiger charge is 2.31. The van der Waals surface area contributed by atoms with Crippen molar-refractivity contribution in [2.24, 2.45) is 0 Å². The fourth-order valence-electron chi connectivity index (χ4n) is 4.72. The summed E-state index contributed by atoms with van der Waals surface area (Å²) in [5, 5.41) is 4.14. The van der Waals surface area contributed by atoms with Crippen molar-refractivity contribution in [3.8, 4) is 5.88 Å². The van der Waals surface area contributed by atoms with Crippen molar-refractivity contribution in [2.75, 3.05) is 20.2 Å². The highest BCUT2D eigenvalue weighted by molar-refractivity contribution is 5.34. The minimum absolute atomic E-state index is 0.0843. The van der Waals surface area contributed by atoms with Gasteiger partial charge in [-0.2, -0.15) is 0 Å². The molecular weight excluding hydrogens is 410 g/mol. The number of rotatable bonds is 9. The van der Waals surface area contributed by atoms with E-state index in [4.69, 9.17) is 9.26 Å². The normalized spacial score (nSPS) is 15.9. The first-order valence-corrected chi connectivity index (χ1v) is 11.4. The molecule has 0 fully saturated rings. The van der Waals surface area contributed by atoms with E-state index in [-0.39, 0.29) is 23.6 Å². The van der Waals surface area contributed by atoms with Gasteiger partial charge in [-0.15, -0.1) is 0 Å². The van der Waals surface area contributed by atoms with Crippen molar-refractivity contribution in [3.63, 3.8) is 0 Å². The molecule has 3 aromatic rings. The van der Waals surface area contributed by atoms with Crippen molar-refractivity contribution < 1.29 is 18.0 Å². The van der Waals surface area contributed by atoms with Gasteiger partial charge in [0.25, 0.3) is 5.88 Å². The Labute approximate surface area is 188 Å². The van der Waals surface area contributed by atoms with Crippen LogP contribution in [0.4, 0.5) is 8.78 Å².